The molecule has 9 rings (SSSR count). The van der Waals surface area contributed by atoms with E-state index in [2.05, 4.69) is 227 Å². The Balaban J connectivity index is 0.944. The van der Waals surface area contributed by atoms with Gasteiger partial charge in [-0.2, -0.15) is 0 Å². The van der Waals surface area contributed by atoms with E-state index >= 15 is 0 Å². The molecule has 1 heteroatoms. The summed E-state index contributed by atoms with van der Waals surface area (Å²) in [6, 6.07) is 66.9. The molecule has 1 aliphatic rings. The van der Waals surface area contributed by atoms with Crippen molar-refractivity contribution in [3.63, 3.8) is 0 Å². The maximum atomic E-state index is 3.63. The van der Waals surface area contributed by atoms with Crippen LogP contribution in [0.2, 0.25) is 0 Å². The first-order valence-corrected chi connectivity index (χ1v) is 28.5. The average molecular weight is 970 g/mol. The number of benzene rings is 8. The molecular formula is C73H79N. The second kappa shape index (κ2) is 26.3. The van der Waals surface area contributed by atoms with Crippen molar-refractivity contribution in [2.45, 2.75) is 137 Å². The Morgan fingerprint density at radius 2 is 0.797 bits per heavy atom. The highest BCUT2D eigenvalue weighted by atomic mass is 14.9. The zero-order valence-corrected chi connectivity index (χ0v) is 45.0. The molecule has 74 heavy (non-hydrogen) atoms. The minimum Gasteiger partial charge on any atom is -0.356 e. The summed E-state index contributed by atoms with van der Waals surface area (Å²) in [5.74, 6) is 0. The van der Waals surface area contributed by atoms with Crippen molar-refractivity contribution < 1.29 is 0 Å². The third-order valence-corrected chi connectivity index (χ3v) is 15.5. The van der Waals surface area contributed by atoms with E-state index in [4.69, 9.17) is 0 Å². The zero-order valence-electron chi connectivity index (χ0n) is 45.0. The van der Waals surface area contributed by atoms with Gasteiger partial charge in [-0.05, 0) is 195 Å². The van der Waals surface area contributed by atoms with Crippen LogP contribution < -0.4 is 5.32 Å². The molecular weight excluding hydrogens is 891 g/mol. The molecule has 0 radical (unpaired) electrons. The third kappa shape index (κ3) is 13.4. The highest BCUT2D eigenvalue weighted by Crippen LogP contribution is 2.39. The van der Waals surface area contributed by atoms with Gasteiger partial charge in [-0.3, -0.25) is 0 Å². The molecule has 0 saturated heterocycles. The van der Waals surface area contributed by atoms with E-state index in [1.54, 1.807) is 0 Å². The fraction of sp³-hybridized carbons (Fsp3) is 0.288. The van der Waals surface area contributed by atoms with Crippen LogP contribution in [0.25, 0.3) is 61.2 Å². The molecule has 0 atom stereocenters. The van der Waals surface area contributed by atoms with Gasteiger partial charge in [-0.15, -0.1) is 0 Å². The number of rotatable bonds is 24. The molecule has 1 N–H and O–H groups in total. The first kappa shape index (κ1) is 51.9. The van der Waals surface area contributed by atoms with Gasteiger partial charge in [0.2, 0.25) is 0 Å². The Morgan fingerprint density at radius 3 is 1.27 bits per heavy atom. The molecule has 0 aliphatic heterocycles. The number of allylic oxidation sites excluding steroid dienone is 4. The number of nitrogens with one attached hydrogen (secondary N) is 1. The molecule has 0 saturated carbocycles. The smallest absolute Gasteiger partial charge is 0.0384 e. The maximum Gasteiger partial charge on any atom is 0.0384 e. The van der Waals surface area contributed by atoms with Gasteiger partial charge in [0.15, 0.2) is 0 Å². The predicted molar refractivity (Wildman–Crippen MR) is 323 cm³/mol. The van der Waals surface area contributed by atoms with E-state index in [1.807, 2.05) is 0 Å². The molecule has 376 valence electrons. The van der Waals surface area contributed by atoms with Crippen LogP contribution in [-0.2, 0) is 38.5 Å². The second-order valence-electron chi connectivity index (χ2n) is 20.8. The lowest BCUT2D eigenvalue weighted by Gasteiger charge is -2.20. The Bertz CT molecular complexity index is 3090. The molecule has 0 fully saturated rings. The second-order valence-corrected chi connectivity index (χ2v) is 20.8. The highest BCUT2D eigenvalue weighted by molar-refractivity contribution is 5.82. The standard InChI is InChI=1S/C73H79N/c1-5-9-11-15-28-64-53-73(67-43-49-71(57(8-4)51-67)63-40-46-69(47-41-63)74-68-44-38-61(39-45-68)59-26-19-14-20-27-59)65(29-16-12-10-6-2)52-72(64)66-42-48-70(56(7-3)50-66)62-36-32-55(33-37-62)23-21-22-54-30-34-60(35-31-54)58-24-17-13-18-25-58/h14,17,19-20,24-27,30-53,74H,5-13,15-16,18,21-23,28-29H2,1-4H3. The Labute approximate surface area is 445 Å². The van der Waals surface area contributed by atoms with E-state index < -0.39 is 0 Å². The lowest BCUT2D eigenvalue weighted by molar-refractivity contribution is 0.664. The summed E-state index contributed by atoms with van der Waals surface area (Å²) in [7, 11) is 0. The van der Waals surface area contributed by atoms with Crippen LogP contribution in [0, 0.1) is 0 Å². The summed E-state index contributed by atoms with van der Waals surface area (Å²) in [5, 5.41) is 3.63. The van der Waals surface area contributed by atoms with Gasteiger partial charge in [0, 0.05) is 11.4 Å². The summed E-state index contributed by atoms with van der Waals surface area (Å²) in [6.07, 6.45) is 26.8. The summed E-state index contributed by atoms with van der Waals surface area (Å²) in [5.41, 5.74) is 26.8. The molecule has 1 aliphatic carbocycles. The lowest BCUT2D eigenvalue weighted by atomic mass is 9.84. The van der Waals surface area contributed by atoms with Crippen molar-refractivity contribution in [3.8, 4) is 55.6 Å². The molecule has 1 nitrogen and oxygen atoms in total. The van der Waals surface area contributed by atoms with Crippen LogP contribution in [0.1, 0.15) is 137 Å². The van der Waals surface area contributed by atoms with Crippen molar-refractivity contribution in [1.82, 2.24) is 0 Å². The van der Waals surface area contributed by atoms with E-state index in [1.165, 1.54) is 152 Å². The third-order valence-electron chi connectivity index (χ3n) is 15.5. The molecule has 0 bridgehead atoms. The normalized spacial score (nSPS) is 12.2. The number of hydrogen-bond donors (Lipinski definition) is 1. The quantitative estimate of drug-likeness (QED) is 0.0595. The summed E-state index contributed by atoms with van der Waals surface area (Å²) in [6.45, 7) is 9.27. The molecule has 0 aromatic heterocycles. The van der Waals surface area contributed by atoms with Crippen LogP contribution in [0.5, 0.6) is 0 Å². The predicted octanol–water partition coefficient (Wildman–Crippen LogP) is 21.0. The Kier molecular flexibility index (Phi) is 18.5. The fourth-order valence-electron chi connectivity index (χ4n) is 11.1. The molecule has 8 aromatic rings. The first-order valence-electron chi connectivity index (χ1n) is 28.5. The van der Waals surface area contributed by atoms with Gasteiger partial charge in [-0.25, -0.2) is 0 Å². The van der Waals surface area contributed by atoms with Crippen LogP contribution in [0.4, 0.5) is 11.4 Å². The topological polar surface area (TPSA) is 12.0 Å². The Hall–Kier alpha value is -6.96. The Morgan fingerprint density at radius 1 is 0.338 bits per heavy atom. The number of unbranched alkanes of at least 4 members (excludes halogenated alkanes) is 6. The highest BCUT2D eigenvalue weighted by Gasteiger charge is 2.17. The van der Waals surface area contributed by atoms with Gasteiger partial charge in [0.25, 0.3) is 0 Å². The van der Waals surface area contributed by atoms with Gasteiger partial charge >= 0.3 is 0 Å². The summed E-state index contributed by atoms with van der Waals surface area (Å²) < 4.78 is 0. The van der Waals surface area contributed by atoms with Crippen molar-refractivity contribution >= 4 is 16.9 Å². The largest absolute Gasteiger partial charge is 0.356 e. The number of hydrogen-bond acceptors (Lipinski definition) is 1. The monoisotopic (exact) mass is 970 g/mol. The van der Waals surface area contributed by atoms with Crippen LogP contribution in [-0.4, -0.2) is 0 Å². The van der Waals surface area contributed by atoms with E-state index in [9.17, 15) is 0 Å². The van der Waals surface area contributed by atoms with Crippen LogP contribution in [0.3, 0.4) is 0 Å². The summed E-state index contributed by atoms with van der Waals surface area (Å²) >= 11 is 0. The van der Waals surface area contributed by atoms with Gasteiger partial charge in [0.1, 0.15) is 0 Å². The minimum atomic E-state index is 0.978. The number of anilines is 2. The van der Waals surface area contributed by atoms with Crippen molar-refractivity contribution in [1.29, 1.82) is 0 Å². The first-order chi connectivity index (χ1) is 36.5. The maximum absolute atomic E-state index is 3.63. The van der Waals surface area contributed by atoms with Gasteiger partial charge in [-0.1, -0.05) is 236 Å². The van der Waals surface area contributed by atoms with Gasteiger partial charge in [0.05, 0.1) is 0 Å². The number of aryl methyl sites for hydroxylation is 6. The van der Waals surface area contributed by atoms with Crippen LogP contribution >= 0.6 is 0 Å². The lowest BCUT2D eigenvalue weighted by Crippen LogP contribution is -2.00. The minimum absolute atomic E-state index is 0.978. The van der Waals surface area contributed by atoms with Crippen molar-refractivity contribution in [2.75, 3.05) is 5.32 Å². The van der Waals surface area contributed by atoms with E-state index in [0.29, 0.717) is 0 Å². The zero-order chi connectivity index (χ0) is 50.9. The van der Waals surface area contributed by atoms with Gasteiger partial charge < -0.3 is 5.32 Å². The molecule has 0 heterocycles. The van der Waals surface area contributed by atoms with Crippen molar-refractivity contribution in [3.05, 3.63) is 233 Å². The average Bonchev–Trinajstić information content (AvgIpc) is 3.46. The van der Waals surface area contributed by atoms with Crippen LogP contribution in [0.15, 0.2) is 194 Å². The SMILES string of the molecule is CCCCCCc1cc(-c2ccc(-c3ccc(Nc4ccc(-c5ccccc5)cc4)cc3)c(CC)c2)c(CCCCCC)cc1-c1ccc(-c2ccc(CCCc3ccc(C4=CCCC=C4)cc3)cc2)c(CC)c1. The summed E-state index contributed by atoms with van der Waals surface area (Å²) in [4.78, 5) is 0. The molecule has 0 amide bonds. The molecule has 0 unspecified atom stereocenters. The fourth-order valence-corrected chi connectivity index (χ4v) is 11.1. The van der Waals surface area contributed by atoms with E-state index in [-0.39, 0.29) is 0 Å². The van der Waals surface area contributed by atoms with E-state index in [0.717, 1.165) is 69.2 Å². The molecule has 0 spiro atoms. The molecule has 8 aromatic carbocycles. The van der Waals surface area contributed by atoms with Crippen molar-refractivity contribution in [2.24, 2.45) is 0 Å².